The zero-order chi connectivity index (χ0) is 20.9. The molecule has 0 bridgehead atoms. The second kappa shape index (κ2) is 9.20. The van der Waals surface area contributed by atoms with Crippen LogP contribution in [0.2, 0.25) is 0 Å². The fourth-order valence-corrected chi connectivity index (χ4v) is 3.29. The van der Waals surface area contributed by atoms with E-state index in [4.69, 9.17) is 9.47 Å². The number of aromatic nitrogens is 1. The van der Waals surface area contributed by atoms with E-state index in [-0.39, 0.29) is 5.17 Å². The predicted octanol–water partition coefficient (Wildman–Crippen LogP) is 4.51. The minimum absolute atomic E-state index is 0.158. The predicted molar refractivity (Wildman–Crippen MR) is 113 cm³/mol. The Labute approximate surface area is 172 Å². The molecule has 2 rings (SSSR count). The van der Waals surface area contributed by atoms with Crippen LogP contribution < -0.4 is 10.1 Å². The van der Waals surface area contributed by atoms with E-state index in [0.29, 0.717) is 17.0 Å². The van der Waals surface area contributed by atoms with Crippen LogP contribution in [0.25, 0.3) is 11.3 Å². The maximum atomic E-state index is 12.8. The van der Waals surface area contributed by atoms with Gasteiger partial charge < -0.3 is 9.47 Å². The molecule has 150 valence electrons. The van der Waals surface area contributed by atoms with E-state index in [2.05, 4.69) is 14.7 Å². The number of benzene rings is 1. The zero-order valence-corrected chi connectivity index (χ0v) is 18.3. The average molecular weight is 422 g/mol. The lowest BCUT2D eigenvalue weighted by Gasteiger charge is -2.19. The molecule has 28 heavy (non-hydrogen) atoms. The number of alkyl carbamates (subject to hydrolysis) is 1. The fraction of sp³-hybridized carbons (Fsp3) is 0.368. The minimum atomic E-state index is -0.663. The third-order valence-electron chi connectivity index (χ3n) is 3.44. The summed E-state index contributed by atoms with van der Waals surface area (Å²) in [5.41, 5.74) is 1.10. The number of hydrogen-bond donors (Lipinski definition) is 1. The van der Waals surface area contributed by atoms with Crippen LogP contribution in [0.15, 0.2) is 29.3 Å². The van der Waals surface area contributed by atoms with Crippen molar-refractivity contribution >= 4 is 40.5 Å². The van der Waals surface area contributed by atoms with Crippen molar-refractivity contribution in [2.24, 2.45) is 4.99 Å². The van der Waals surface area contributed by atoms with Gasteiger partial charge in [-0.05, 0) is 69.7 Å². The van der Waals surface area contributed by atoms with Crippen LogP contribution in [0.4, 0.5) is 4.79 Å². The largest absolute Gasteiger partial charge is 0.497 e. The van der Waals surface area contributed by atoms with Gasteiger partial charge in [0.15, 0.2) is 5.17 Å². The molecule has 0 saturated heterocycles. The molecule has 1 aromatic carbocycles. The molecule has 0 spiro atoms. The number of rotatable bonds is 3. The molecule has 0 atom stereocenters. The maximum Gasteiger partial charge on any atom is 0.413 e. The Bertz CT molecular complexity index is 884. The van der Waals surface area contributed by atoms with E-state index in [0.717, 1.165) is 22.2 Å². The summed E-state index contributed by atoms with van der Waals surface area (Å²) in [5, 5.41) is 2.67. The summed E-state index contributed by atoms with van der Waals surface area (Å²) in [5.74, 6) is 0.241. The van der Waals surface area contributed by atoms with Crippen LogP contribution in [-0.4, -0.2) is 40.5 Å². The summed E-state index contributed by atoms with van der Waals surface area (Å²) in [4.78, 5) is 29.6. The van der Waals surface area contributed by atoms with Crippen molar-refractivity contribution in [1.29, 1.82) is 0 Å². The van der Waals surface area contributed by atoms with Crippen LogP contribution in [0.3, 0.4) is 0 Å². The number of nitrogens with one attached hydrogen (secondary N) is 1. The van der Waals surface area contributed by atoms with Gasteiger partial charge in [-0.15, -0.1) is 0 Å². The number of nitrogens with zero attached hydrogens (tertiary/aromatic N) is 2. The van der Waals surface area contributed by atoms with Gasteiger partial charge in [-0.3, -0.25) is 10.1 Å². The van der Waals surface area contributed by atoms with E-state index in [1.165, 1.54) is 11.5 Å². The highest BCUT2D eigenvalue weighted by atomic mass is 32.2. The summed E-state index contributed by atoms with van der Waals surface area (Å²) in [6.07, 6.45) is 1.05. The Morgan fingerprint density at radius 1 is 1.21 bits per heavy atom. The zero-order valence-electron chi connectivity index (χ0n) is 16.7. The monoisotopic (exact) mass is 421 g/mol. The van der Waals surface area contributed by atoms with Crippen LogP contribution in [0, 0.1) is 6.92 Å². The van der Waals surface area contributed by atoms with E-state index < -0.39 is 17.6 Å². The molecular formula is C19H23N3O4S2. The molecule has 1 heterocycles. The Kier molecular flexibility index (Phi) is 7.20. The van der Waals surface area contributed by atoms with E-state index >= 15 is 0 Å². The number of thioether (sulfide) groups is 1. The third-order valence-corrected chi connectivity index (χ3v) is 4.78. The molecule has 0 saturated carbocycles. The van der Waals surface area contributed by atoms with Gasteiger partial charge in [0.05, 0.1) is 18.4 Å². The lowest BCUT2D eigenvalue weighted by Crippen LogP contribution is -2.35. The summed E-state index contributed by atoms with van der Waals surface area (Å²) < 4.78 is 14.8. The number of ether oxygens (including phenoxy) is 2. The lowest BCUT2D eigenvalue weighted by atomic mass is 10.1. The molecular weight excluding hydrogens is 398 g/mol. The van der Waals surface area contributed by atoms with Gasteiger partial charge in [-0.2, -0.15) is 9.37 Å². The second-order valence-corrected chi connectivity index (χ2v) is 8.52. The van der Waals surface area contributed by atoms with Crippen molar-refractivity contribution < 1.29 is 19.1 Å². The number of amidine groups is 1. The van der Waals surface area contributed by atoms with Crippen LogP contribution >= 0.6 is 23.3 Å². The Morgan fingerprint density at radius 2 is 1.86 bits per heavy atom. The van der Waals surface area contributed by atoms with E-state index in [1.807, 2.05) is 19.1 Å². The lowest BCUT2D eigenvalue weighted by molar-refractivity contribution is 0.0564. The van der Waals surface area contributed by atoms with Gasteiger partial charge in [0, 0.05) is 10.4 Å². The number of carbonyl (C=O) groups excluding carboxylic acids is 2. The first-order chi connectivity index (χ1) is 13.1. The van der Waals surface area contributed by atoms with Gasteiger partial charge in [0.1, 0.15) is 11.4 Å². The summed E-state index contributed by atoms with van der Waals surface area (Å²) in [6, 6.07) is 7.28. The fourth-order valence-electron chi connectivity index (χ4n) is 2.23. The minimum Gasteiger partial charge on any atom is -0.497 e. The highest BCUT2D eigenvalue weighted by molar-refractivity contribution is 8.13. The Balaban J connectivity index is 2.28. The molecule has 0 aliphatic carbocycles. The number of amides is 2. The Morgan fingerprint density at radius 3 is 2.39 bits per heavy atom. The van der Waals surface area contributed by atoms with Crippen molar-refractivity contribution in [3.8, 4) is 17.0 Å². The third kappa shape index (κ3) is 5.80. The quantitative estimate of drug-likeness (QED) is 0.579. The number of methoxy groups -OCH3 is 1. The van der Waals surface area contributed by atoms with E-state index in [9.17, 15) is 9.59 Å². The molecule has 1 aromatic heterocycles. The second-order valence-electron chi connectivity index (χ2n) is 6.74. The molecule has 7 nitrogen and oxygen atoms in total. The molecule has 0 fully saturated rings. The van der Waals surface area contributed by atoms with Crippen LogP contribution in [-0.2, 0) is 4.74 Å². The maximum absolute atomic E-state index is 12.8. The summed E-state index contributed by atoms with van der Waals surface area (Å²) in [6.45, 7) is 7.09. The van der Waals surface area contributed by atoms with Gasteiger partial charge in [0.25, 0.3) is 5.91 Å². The molecule has 1 N–H and O–H groups in total. The van der Waals surface area contributed by atoms with Crippen LogP contribution in [0.5, 0.6) is 5.75 Å². The standard InChI is InChI=1S/C19H23N3O4S2/c1-11-14(15(22-28-11)12-7-9-13(25-5)10-8-12)16(23)20-17(27-6)21-18(24)26-19(2,3)4/h7-10H,1-6H3,(H,20,21,23,24). The highest BCUT2D eigenvalue weighted by Crippen LogP contribution is 2.30. The average Bonchev–Trinajstić information content (AvgIpc) is 3.01. The SMILES string of the molecule is COc1ccc(-c2nsc(C)c2C(=O)N=C(NC(=O)OC(C)(C)C)SC)cc1. The molecule has 0 radical (unpaired) electrons. The smallest absolute Gasteiger partial charge is 0.413 e. The topological polar surface area (TPSA) is 89.9 Å². The number of aliphatic imine (C=N–C) groups is 1. The molecule has 9 heteroatoms. The van der Waals surface area contributed by atoms with Gasteiger partial charge in [-0.1, -0.05) is 11.8 Å². The van der Waals surface area contributed by atoms with Gasteiger partial charge in [0.2, 0.25) is 0 Å². The van der Waals surface area contributed by atoms with Crippen molar-refractivity contribution in [3.63, 3.8) is 0 Å². The van der Waals surface area contributed by atoms with Gasteiger partial charge >= 0.3 is 6.09 Å². The number of hydrogen-bond acceptors (Lipinski definition) is 7. The first-order valence-corrected chi connectivity index (χ1v) is 10.4. The van der Waals surface area contributed by atoms with Crippen molar-refractivity contribution in [1.82, 2.24) is 9.69 Å². The van der Waals surface area contributed by atoms with Crippen molar-refractivity contribution in [2.75, 3.05) is 13.4 Å². The molecule has 2 amide bonds. The van der Waals surface area contributed by atoms with Crippen LogP contribution in [0.1, 0.15) is 36.0 Å². The van der Waals surface area contributed by atoms with Gasteiger partial charge in [-0.25, -0.2) is 4.79 Å². The summed E-state index contributed by atoms with van der Waals surface area (Å²) >= 11 is 2.38. The molecule has 2 aromatic rings. The number of carbonyl (C=O) groups is 2. The summed E-state index contributed by atoms with van der Waals surface area (Å²) in [7, 11) is 1.59. The number of aryl methyl sites for hydroxylation is 1. The first-order valence-electron chi connectivity index (χ1n) is 8.42. The van der Waals surface area contributed by atoms with E-state index in [1.54, 1.807) is 46.3 Å². The highest BCUT2D eigenvalue weighted by Gasteiger charge is 2.22. The molecule has 0 aliphatic heterocycles. The first kappa shape index (κ1) is 21.9. The normalized spacial score (nSPS) is 11.9. The molecule has 0 aliphatic rings. The van der Waals surface area contributed by atoms with Crippen molar-refractivity contribution in [2.45, 2.75) is 33.3 Å². The van der Waals surface area contributed by atoms with Crippen molar-refractivity contribution in [3.05, 3.63) is 34.7 Å². The Hall–Kier alpha value is -2.39. The molecule has 0 unspecified atom stereocenters.